The Morgan fingerprint density at radius 3 is 2.50 bits per heavy atom. The SMILES string of the molecule is CCc1ccc(-n2cc(C)nc2NC)cc1. The molecule has 0 saturated heterocycles. The lowest BCUT2D eigenvalue weighted by Crippen LogP contribution is -2.00. The number of hydrogen-bond acceptors (Lipinski definition) is 2. The Labute approximate surface area is 96.1 Å². The average molecular weight is 215 g/mol. The molecule has 3 heteroatoms. The first kappa shape index (κ1) is 10.7. The summed E-state index contributed by atoms with van der Waals surface area (Å²) in [7, 11) is 1.89. The predicted molar refractivity (Wildman–Crippen MR) is 67.2 cm³/mol. The first-order valence-corrected chi connectivity index (χ1v) is 5.57. The first-order chi connectivity index (χ1) is 7.74. The minimum atomic E-state index is 0.877. The molecule has 0 radical (unpaired) electrons. The van der Waals surface area contributed by atoms with Gasteiger partial charge in [-0.3, -0.25) is 4.57 Å². The number of nitrogens with one attached hydrogen (secondary N) is 1. The molecule has 2 aromatic rings. The zero-order valence-electron chi connectivity index (χ0n) is 9.99. The van der Waals surface area contributed by atoms with Crippen LogP contribution >= 0.6 is 0 Å². The van der Waals surface area contributed by atoms with Crippen LogP contribution in [-0.2, 0) is 6.42 Å². The Kier molecular flexibility index (Phi) is 2.95. The van der Waals surface area contributed by atoms with Gasteiger partial charge in [0.1, 0.15) is 0 Å². The summed E-state index contributed by atoms with van der Waals surface area (Å²) in [5.74, 6) is 0.877. The Morgan fingerprint density at radius 2 is 1.94 bits per heavy atom. The lowest BCUT2D eigenvalue weighted by molar-refractivity contribution is 1.05. The number of benzene rings is 1. The molecular formula is C13H17N3. The van der Waals surface area contributed by atoms with Crippen LogP contribution in [0.3, 0.4) is 0 Å². The second kappa shape index (κ2) is 4.39. The summed E-state index contributed by atoms with van der Waals surface area (Å²) >= 11 is 0. The van der Waals surface area contributed by atoms with Crippen molar-refractivity contribution in [1.29, 1.82) is 0 Å². The van der Waals surface area contributed by atoms with Crippen molar-refractivity contribution in [2.45, 2.75) is 20.3 Å². The van der Waals surface area contributed by atoms with Gasteiger partial charge in [0.2, 0.25) is 5.95 Å². The lowest BCUT2D eigenvalue weighted by atomic mass is 10.1. The smallest absolute Gasteiger partial charge is 0.207 e. The van der Waals surface area contributed by atoms with Crippen LogP contribution in [-0.4, -0.2) is 16.6 Å². The molecule has 1 heterocycles. The van der Waals surface area contributed by atoms with E-state index in [-0.39, 0.29) is 0 Å². The van der Waals surface area contributed by atoms with Crippen molar-refractivity contribution < 1.29 is 0 Å². The van der Waals surface area contributed by atoms with E-state index in [2.05, 4.69) is 46.1 Å². The zero-order valence-corrected chi connectivity index (χ0v) is 9.99. The lowest BCUT2D eigenvalue weighted by Gasteiger charge is -2.07. The Balaban J connectivity index is 2.41. The van der Waals surface area contributed by atoms with Gasteiger partial charge in [0.25, 0.3) is 0 Å². The molecule has 0 aliphatic heterocycles. The molecule has 1 aromatic heterocycles. The van der Waals surface area contributed by atoms with Crippen molar-refractivity contribution in [2.24, 2.45) is 0 Å². The molecule has 0 atom stereocenters. The minimum absolute atomic E-state index is 0.877. The van der Waals surface area contributed by atoms with Crippen molar-refractivity contribution in [3.63, 3.8) is 0 Å². The van der Waals surface area contributed by atoms with E-state index in [1.807, 2.05) is 20.2 Å². The summed E-state index contributed by atoms with van der Waals surface area (Å²) in [6.45, 7) is 4.16. The van der Waals surface area contributed by atoms with Gasteiger partial charge in [0.15, 0.2) is 0 Å². The molecule has 0 fully saturated rings. The van der Waals surface area contributed by atoms with E-state index >= 15 is 0 Å². The molecule has 0 aliphatic carbocycles. The molecule has 16 heavy (non-hydrogen) atoms. The maximum absolute atomic E-state index is 4.40. The van der Waals surface area contributed by atoms with Crippen molar-refractivity contribution in [3.05, 3.63) is 41.7 Å². The van der Waals surface area contributed by atoms with Gasteiger partial charge in [0.05, 0.1) is 5.69 Å². The van der Waals surface area contributed by atoms with Gasteiger partial charge in [-0.1, -0.05) is 19.1 Å². The molecular weight excluding hydrogens is 198 g/mol. The number of aryl methyl sites for hydroxylation is 2. The van der Waals surface area contributed by atoms with Crippen LogP contribution in [0.5, 0.6) is 0 Å². The number of rotatable bonds is 3. The molecule has 0 aliphatic rings. The third-order valence-corrected chi connectivity index (χ3v) is 2.67. The summed E-state index contributed by atoms with van der Waals surface area (Å²) in [6, 6.07) is 8.57. The van der Waals surface area contributed by atoms with Crippen molar-refractivity contribution in [1.82, 2.24) is 9.55 Å². The van der Waals surface area contributed by atoms with Gasteiger partial charge < -0.3 is 5.32 Å². The van der Waals surface area contributed by atoms with Crippen LogP contribution in [0.1, 0.15) is 18.2 Å². The predicted octanol–water partition coefficient (Wildman–Crippen LogP) is 2.78. The first-order valence-electron chi connectivity index (χ1n) is 5.57. The largest absolute Gasteiger partial charge is 0.358 e. The van der Waals surface area contributed by atoms with Gasteiger partial charge in [-0.2, -0.15) is 0 Å². The van der Waals surface area contributed by atoms with E-state index in [0.717, 1.165) is 23.8 Å². The molecule has 1 N–H and O–H groups in total. The summed E-state index contributed by atoms with van der Waals surface area (Å²) in [4.78, 5) is 4.40. The van der Waals surface area contributed by atoms with E-state index in [1.165, 1.54) is 5.56 Å². The fraction of sp³-hybridized carbons (Fsp3) is 0.308. The monoisotopic (exact) mass is 215 g/mol. The normalized spacial score (nSPS) is 10.4. The van der Waals surface area contributed by atoms with E-state index in [4.69, 9.17) is 0 Å². The highest BCUT2D eigenvalue weighted by Crippen LogP contribution is 2.16. The molecule has 0 bridgehead atoms. The molecule has 84 valence electrons. The van der Waals surface area contributed by atoms with E-state index in [9.17, 15) is 0 Å². The molecule has 1 aromatic carbocycles. The summed E-state index contributed by atoms with van der Waals surface area (Å²) in [6.07, 6.45) is 3.11. The third kappa shape index (κ3) is 1.94. The third-order valence-electron chi connectivity index (χ3n) is 2.67. The number of nitrogens with zero attached hydrogens (tertiary/aromatic N) is 2. The number of aromatic nitrogens is 2. The Hall–Kier alpha value is -1.77. The van der Waals surface area contributed by atoms with Crippen LogP contribution < -0.4 is 5.32 Å². The summed E-state index contributed by atoms with van der Waals surface area (Å²) in [5.41, 5.74) is 3.51. The van der Waals surface area contributed by atoms with E-state index in [1.54, 1.807) is 0 Å². The van der Waals surface area contributed by atoms with Crippen LogP contribution in [0.25, 0.3) is 5.69 Å². The van der Waals surface area contributed by atoms with Crippen molar-refractivity contribution in [2.75, 3.05) is 12.4 Å². The van der Waals surface area contributed by atoms with E-state index < -0.39 is 0 Å². The summed E-state index contributed by atoms with van der Waals surface area (Å²) < 4.78 is 2.06. The number of hydrogen-bond donors (Lipinski definition) is 1. The highest BCUT2D eigenvalue weighted by Gasteiger charge is 2.05. The van der Waals surface area contributed by atoms with Crippen LogP contribution in [0.2, 0.25) is 0 Å². The fourth-order valence-electron chi connectivity index (χ4n) is 1.76. The zero-order chi connectivity index (χ0) is 11.5. The molecule has 0 unspecified atom stereocenters. The Morgan fingerprint density at radius 1 is 1.25 bits per heavy atom. The maximum atomic E-state index is 4.40. The Bertz CT molecular complexity index is 468. The molecule has 2 rings (SSSR count). The van der Waals surface area contributed by atoms with Gasteiger partial charge >= 0.3 is 0 Å². The molecule has 0 spiro atoms. The molecule has 0 saturated carbocycles. The van der Waals surface area contributed by atoms with Crippen molar-refractivity contribution >= 4 is 5.95 Å². The second-order valence-electron chi connectivity index (χ2n) is 3.85. The van der Waals surface area contributed by atoms with Crippen molar-refractivity contribution in [3.8, 4) is 5.69 Å². The quantitative estimate of drug-likeness (QED) is 0.853. The van der Waals surface area contributed by atoms with Crippen LogP contribution in [0, 0.1) is 6.92 Å². The number of anilines is 1. The summed E-state index contributed by atoms with van der Waals surface area (Å²) in [5, 5.41) is 3.10. The van der Waals surface area contributed by atoms with Crippen LogP contribution in [0.4, 0.5) is 5.95 Å². The molecule has 3 nitrogen and oxygen atoms in total. The number of imidazole rings is 1. The maximum Gasteiger partial charge on any atom is 0.207 e. The van der Waals surface area contributed by atoms with Gasteiger partial charge in [-0.15, -0.1) is 0 Å². The average Bonchev–Trinajstić information content (AvgIpc) is 2.70. The fourth-order valence-corrected chi connectivity index (χ4v) is 1.76. The minimum Gasteiger partial charge on any atom is -0.358 e. The topological polar surface area (TPSA) is 29.9 Å². The highest BCUT2D eigenvalue weighted by atomic mass is 15.2. The van der Waals surface area contributed by atoms with E-state index in [0.29, 0.717) is 0 Å². The highest BCUT2D eigenvalue weighted by molar-refractivity contribution is 5.43. The van der Waals surface area contributed by atoms with Gasteiger partial charge in [-0.05, 0) is 31.0 Å². The van der Waals surface area contributed by atoms with Crippen LogP contribution in [0.15, 0.2) is 30.5 Å². The van der Waals surface area contributed by atoms with Gasteiger partial charge in [-0.25, -0.2) is 4.98 Å². The molecule has 0 amide bonds. The van der Waals surface area contributed by atoms with Gasteiger partial charge in [0, 0.05) is 18.9 Å². The standard InChI is InChI=1S/C13H17N3/c1-4-11-5-7-12(8-6-11)16-9-10(2)15-13(16)14-3/h5-9H,4H2,1-3H3,(H,14,15). The second-order valence-corrected chi connectivity index (χ2v) is 3.85.